The van der Waals surface area contributed by atoms with Crippen LogP contribution >= 0.6 is 0 Å². The van der Waals surface area contributed by atoms with Gasteiger partial charge in [0.2, 0.25) is 0 Å². The normalized spacial score (nSPS) is 12.8. The summed E-state index contributed by atoms with van der Waals surface area (Å²) in [5, 5.41) is 2.82. The summed E-state index contributed by atoms with van der Waals surface area (Å²) in [4.78, 5) is 34.4. The fraction of sp³-hybridized carbons (Fsp3) is 0.261. The number of methoxy groups -OCH3 is 2. The summed E-state index contributed by atoms with van der Waals surface area (Å²) in [6, 6.07) is 10.9. The lowest BCUT2D eigenvalue weighted by atomic mass is 10.1. The molecule has 0 saturated heterocycles. The molecule has 0 spiro atoms. The molecule has 2 heterocycles. The molecule has 2 aromatic carbocycles. The zero-order valence-corrected chi connectivity index (χ0v) is 17.8. The van der Waals surface area contributed by atoms with Crippen LogP contribution in [0.15, 0.2) is 47.3 Å². The van der Waals surface area contributed by atoms with Gasteiger partial charge in [0.25, 0.3) is 5.56 Å². The van der Waals surface area contributed by atoms with Gasteiger partial charge in [0.05, 0.1) is 37.7 Å². The van der Waals surface area contributed by atoms with Crippen LogP contribution in [0.3, 0.4) is 0 Å². The van der Waals surface area contributed by atoms with Crippen LogP contribution in [-0.2, 0) is 19.4 Å². The third-order valence-electron chi connectivity index (χ3n) is 5.32. The van der Waals surface area contributed by atoms with Crippen molar-refractivity contribution in [3.8, 4) is 11.5 Å². The van der Waals surface area contributed by atoms with E-state index >= 15 is 0 Å². The summed E-state index contributed by atoms with van der Waals surface area (Å²) < 4.78 is 23.9. The second-order valence-corrected chi connectivity index (χ2v) is 7.41. The van der Waals surface area contributed by atoms with Crippen LogP contribution in [-0.4, -0.2) is 41.7 Å². The second-order valence-electron chi connectivity index (χ2n) is 7.41. The Balaban J connectivity index is 1.49. The fourth-order valence-corrected chi connectivity index (χ4v) is 3.67. The Morgan fingerprint density at radius 2 is 2.06 bits per heavy atom. The van der Waals surface area contributed by atoms with Gasteiger partial charge in [-0.05, 0) is 29.8 Å². The van der Waals surface area contributed by atoms with Crippen molar-refractivity contribution in [2.75, 3.05) is 26.1 Å². The van der Waals surface area contributed by atoms with Crippen LogP contribution in [0.2, 0.25) is 0 Å². The number of urea groups is 1. The predicted molar refractivity (Wildman–Crippen MR) is 117 cm³/mol. The van der Waals surface area contributed by atoms with Crippen molar-refractivity contribution in [2.24, 2.45) is 0 Å². The molecule has 0 aliphatic carbocycles. The van der Waals surface area contributed by atoms with Crippen molar-refractivity contribution in [3.05, 3.63) is 81.3 Å². The van der Waals surface area contributed by atoms with E-state index in [1.165, 1.54) is 19.2 Å². The third kappa shape index (κ3) is 4.56. The van der Waals surface area contributed by atoms with E-state index < -0.39 is 0 Å². The van der Waals surface area contributed by atoms with Gasteiger partial charge in [-0.15, -0.1) is 0 Å². The zero-order chi connectivity index (χ0) is 22.7. The van der Waals surface area contributed by atoms with Gasteiger partial charge in [-0.25, -0.2) is 14.2 Å². The number of amides is 2. The molecule has 4 rings (SSSR count). The van der Waals surface area contributed by atoms with Crippen LogP contribution in [0.1, 0.15) is 22.6 Å². The molecule has 3 aromatic rings. The van der Waals surface area contributed by atoms with Gasteiger partial charge >= 0.3 is 6.03 Å². The molecule has 166 valence electrons. The lowest BCUT2D eigenvalue weighted by molar-refractivity contribution is 0.205. The van der Waals surface area contributed by atoms with Gasteiger partial charge in [-0.3, -0.25) is 4.79 Å². The number of fused-ring (bicyclic) bond motifs is 1. The maximum absolute atomic E-state index is 13.4. The summed E-state index contributed by atoms with van der Waals surface area (Å²) in [6.07, 6.45) is 0.768. The molecule has 0 saturated carbocycles. The first kappa shape index (κ1) is 21.4. The summed E-state index contributed by atoms with van der Waals surface area (Å²) in [6.45, 7) is 0.551. The van der Waals surface area contributed by atoms with E-state index in [1.54, 1.807) is 42.3 Å². The number of aromatic nitrogens is 2. The zero-order valence-electron chi connectivity index (χ0n) is 17.8. The molecule has 0 unspecified atom stereocenters. The number of nitrogens with one attached hydrogen (secondary N) is 2. The highest BCUT2D eigenvalue weighted by molar-refractivity contribution is 5.91. The number of ether oxygens (including phenoxy) is 2. The van der Waals surface area contributed by atoms with Crippen LogP contribution in [0.5, 0.6) is 11.5 Å². The Morgan fingerprint density at radius 3 is 2.81 bits per heavy atom. The van der Waals surface area contributed by atoms with Gasteiger partial charge in [0.15, 0.2) is 0 Å². The summed E-state index contributed by atoms with van der Waals surface area (Å²) >= 11 is 0. The van der Waals surface area contributed by atoms with Crippen molar-refractivity contribution >= 4 is 11.7 Å². The van der Waals surface area contributed by atoms with Crippen molar-refractivity contribution in [2.45, 2.75) is 19.4 Å². The molecule has 2 amide bonds. The van der Waals surface area contributed by atoms with Crippen molar-refractivity contribution in [1.82, 2.24) is 14.9 Å². The van der Waals surface area contributed by atoms with Gasteiger partial charge < -0.3 is 24.7 Å². The number of nitrogens with zero attached hydrogens (tertiary/aromatic N) is 2. The van der Waals surface area contributed by atoms with Gasteiger partial charge in [-0.1, -0.05) is 12.1 Å². The molecule has 32 heavy (non-hydrogen) atoms. The molecule has 1 aliphatic rings. The van der Waals surface area contributed by atoms with Crippen LogP contribution < -0.4 is 20.3 Å². The molecule has 1 aromatic heterocycles. The van der Waals surface area contributed by atoms with E-state index in [0.717, 1.165) is 5.56 Å². The molecule has 1 aliphatic heterocycles. The first-order chi connectivity index (χ1) is 15.5. The van der Waals surface area contributed by atoms with Crippen molar-refractivity contribution < 1.29 is 18.7 Å². The van der Waals surface area contributed by atoms with Crippen LogP contribution in [0.25, 0.3) is 0 Å². The molecule has 0 radical (unpaired) electrons. The topological polar surface area (TPSA) is 96.5 Å². The van der Waals surface area contributed by atoms with Crippen LogP contribution in [0, 0.1) is 5.82 Å². The minimum absolute atomic E-state index is 0.141. The number of rotatable bonds is 5. The lowest BCUT2D eigenvalue weighted by Gasteiger charge is -2.28. The average molecular weight is 438 g/mol. The standard InChI is InChI=1S/C23H23FN4O4/c1-31-16-6-7-19(20(12-16)32-2)26-23(30)28-9-8-18-17(13-28)22(29)27-21(25-18)11-14-4-3-5-15(24)10-14/h3-7,10,12H,8-9,11,13H2,1-2H3,(H,26,30)(H,25,27,29). The largest absolute Gasteiger partial charge is 0.497 e. The van der Waals surface area contributed by atoms with E-state index in [-0.39, 0.29) is 24.0 Å². The van der Waals surface area contributed by atoms with Crippen molar-refractivity contribution in [3.63, 3.8) is 0 Å². The highest BCUT2D eigenvalue weighted by Gasteiger charge is 2.25. The third-order valence-corrected chi connectivity index (χ3v) is 5.32. The summed E-state index contributed by atoms with van der Waals surface area (Å²) in [7, 11) is 3.06. The number of H-pyrrole nitrogens is 1. The Morgan fingerprint density at radius 1 is 1.22 bits per heavy atom. The van der Waals surface area contributed by atoms with Gasteiger partial charge in [-0.2, -0.15) is 0 Å². The molecular formula is C23H23FN4O4. The highest BCUT2D eigenvalue weighted by atomic mass is 19.1. The Hall–Kier alpha value is -3.88. The molecule has 0 atom stereocenters. The van der Waals surface area contributed by atoms with Gasteiger partial charge in [0.1, 0.15) is 23.1 Å². The van der Waals surface area contributed by atoms with E-state index in [2.05, 4.69) is 15.3 Å². The lowest BCUT2D eigenvalue weighted by Crippen LogP contribution is -2.42. The number of carbonyl (C=O) groups is 1. The number of halogens is 1. The minimum Gasteiger partial charge on any atom is -0.497 e. The number of hydrogen-bond donors (Lipinski definition) is 2. The number of benzene rings is 2. The first-order valence-electron chi connectivity index (χ1n) is 10.1. The highest BCUT2D eigenvalue weighted by Crippen LogP contribution is 2.29. The maximum Gasteiger partial charge on any atom is 0.322 e. The molecule has 2 N–H and O–H groups in total. The molecule has 0 fully saturated rings. The van der Waals surface area contributed by atoms with Gasteiger partial charge in [0, 0.05) is 25.5 Å². The minimum atomic E-state index is -0.345. The molecule has 0 bridgehead atoms. The molecule has 8 nitrogen and oxygen atoms in total. The Labute approximate surface area is 184 Å². The molecular weight excluding hydrogens is 415 g/mol. The quantitative estimate of drug-likeness (QED) is 0.638. The number of aromatic amines is 1. The predicted octanol–water partition coefficient (Wildman–Crippen LogP) is 3.11. The monoisotopic (exact) mass is 438 g/mol. The second kappa shape index (κ2) is 9.09. The Kier molecular flexibility index (Phi) is 6.07. The summed E-state index contributed by atoms with van der Waals surface area (Å²) in [5.74, 6) is 1.22. The van der Waals surface area contributed by atoms with E-state index in [1.807, 2.05) is 0 Å². The summed E-state index contributed by atoms with van der Waals surface area (Å²) in [5.41, 5.74) is 2.04. The maximum atomic E-state index is 13.4. The number of hydrogen-bond acceptors (Lipinski definition) is 5. The SMILES string of the molecule is COc1ccc(NC(=O)N2CCc3nc(Cc4cccc(F)c4)[nH]c(=O)c3C2)c(OC)c1. The smallest absolute Gasteiger partial charge is 0.322 e. The van der Waals surface area contributed by atoms with E-state index in [0.29, 0.717) is 53.7 Å². The van der Waals surface area contributed by atoms with Crippen LogP contribution in [0.4, 0.5) is 14.9 Å². The van der Waals surface area contributed by atoms with Crippen molar-refractivity contribution in [1.29, 1.82) is 0 Å². The number of carbonyl (C=O) groups excluding carboxylic acids is 1. The molecule has 9 heteroatoms. The Bertz CT molecular complexity index is 1210. The van der Waals surface area contributed by atoms with E-state index in [9.17, 15) is 14.0 Å². The average Bonchev–Trinajstić information content (AvgIpc) is 2.79. The first-order valence-corrected chi connectivity index (χ1v) is 10.1. The fourth-order valence-electron chi connectivity index (χ4n) is 3.67. The number of anilines is 1. The van der Waals surface area contributed by atoms with E-state index in [4.69, 9.17) is 9.47 Å².